The molecule has 1 aliphatic heterocycles. The van der Waals surface area contributed by atoms with Gasteiger partial charge < -0.3 is 14.8 Å². The zero-order valence-corrected chi connectivity index (χ0v) is 22.3. The van der Waals surface area contributed by atoms with Gasteiger partial charge in [-0.3, -0.25) is 9.69 Å². The molecule has 0 bridgehead atoms. The lowest BCUT2D eigenvalue weighted by Crippen LogP contribution is -2.61. The number of carbonyl (C=O) groups is 3. The van der Waals surface area contributed by atoms with Crippen LogP contribution in [0.3, 0.4) is 0 Å². The topological polar surface area (TPSA) is 84.9 Å². The van der Waals surface area contributed by atoms with Gasteiger partial charge in [-0.15, -0.1) is 0 Å². The van der Waals surface area contributed by atoms with Crippen molar-refractivity contribution >= 4 is 29.7 Å². The number of rotatable bonds is 9. The van der Waals surface area contributed by atoms with Gasteiger partial charge in [-0.2, -0.15) is 0 Å². The Kier molecular flexibility index (Phi) is 11.0. The molecule has 7 nitrogen and oxygen atoms in total. The Labute approximate surface area is 213 Å². The fraction of sp³-hybridized carbons (Fsp3) is 0.593. The molecule has 1 unspecified atom stereocenters. The minimum Gasteiger partial charge on any atom is -0.467 e. The van der Waals surface area contributed by atoms with Crippen LogP contribution in [0.1, 0.15) is 71.8 Å². The minimum atomic E-state index is -1.05. The highest BCUT2D eigenvalue weighted by Gasteiger charge is 2.51. The maximum absolute atomic E-state index is 13.7. The predicted molar refractivity (Wildman–Crippen MR) is 139 cm³/mol. The molecule has 0 aromatic heterocycles. The average Bonchev–Trinajstić information content (AvgIpc) is 3.25. The third-order valence-electron chi connectivity index (χ3n) is 5.80. The van der Waals surface area contributed by atoms with Crippen LogP contribution in [0.4, 0.5) is 4.79 Å². The Hall–Kier alpha value is -2.66. The maximum atomic E-state index is 13.7. The Morgan fingerprint density at radius 1 is 1.20 bits per heavy atom. The average molecular weight is 503 g/mol. The lowest BCUT2D eigenvalue weighted by molar-refractivity contribution is -0.146. The first-order valence-corrected chi connectivity index (χ1v) is 13.2. The first-order chi connectivity index (χ1) is 16.6. The maximum Gasteiger partial charge on any atom is 0.411 e. The number of benzene rings is 1. The van der Waals surface area contributed by atoms with Crippen LogP contribution in [0.15, 0.2) is 30.3 Å². The van der Waals surface area contributed by atoms with Crippen molar-refractivity contribution in [1.29, 1.82) is 0 Å². The van der Waals surface area contributed by atoms with Crippen LogP contribution >= 0.6 is 11.8 Å². The van der Waals surface area contributed by atoms with Crippen molar-refractivity contribution in [1.82, 2.24) is 10.2 Å². The number of nitrogens with zero attached hydrogens (tertiary/aromatic N) is 1. The summed E-state index contributed by atoms with van der Waals surface area (Å²) in [5.74, 6) is 2.37. The molecule has 1 heterocycles. The van der Waals surface area contributed by atoms with E-state index >= 15 is 0 Å². The molecule has 0 aliphatic carbocycles. The molecular weight excluding hydrogens is 464 g/mol. The number of methoxy groups -OCH3 is 1. The Morgan fingerprint density at radius 2 is 1.91 bits per heavy atom. The second kappa shape index (κ2) is 13.4. The van der Waals surface area contributed by atoms with Crippen molar-refractivity contribution in [2.45, 2.75) is 83.4 Å². The molecule has 1 saturated heterocycles. The third-order valence-corrected chi connectivity index (χ3v) is 6.55. The molecule has 2 amide bonds. The molecule has 1 aliphatic rings. The van der Waals surface area contributed by atoms with Crippen molar-refractivity contribution in [2.75, 3.05) is 19.4 Å². The Morgan fingerprint density at radius 3 is 2.54 bits per heavy atom. The van der Waals surface area contributed by atoms with Crippen molar-refractivity contribution in [3.8, 4) is 11.2 Å². The number of amides is 2. The van der Waals surface area contributed by atoms with Gasteiger partial charge in [0.25, 0.3) is 0 Å². The summed E-state index contributed by atoms with van der Waals surface area (Å²) in [6, 6.07) is 8.65. The summed E-state index contributed by atoms with van der Waals surface area (Å²) < 4.78 is 10.6. The van der Waals surface area contributed by atoms with Crippen LogP contribution in [0.25, 0.3) is 0 Å². The van der Waals surface area contributed by atoms with E-state index in [9.17, 15) is 14.4 Å². The quantitative estimate of drug-likeness (QED) is 0.298. The summed E-state index contributed by atoms with van der Waals surface area (Å²) in [5, 5.41) is 5.85. The van der Waals surface area contributed by atoms with Gasteiger partial charge in [-0.25, -0.2) is 9.59 Å². The number of hydrogen-bond donors (Lipinski definition) is 1. The molecule has 1 fully saturated rings. The van der Waals surface area contributed by atoms with E-state index < -0.39 is 29.2 Å². The Balaban J connectivity index is 2.20. The Bertz CT molecular complexity index is 919. The van der Waals surface area contributed by atoms with Gasteiger partial charge in [0, 0.05) is 17.9 Å². The largest absolute Gasteiger partial charge is 0.467 e. The SMILES string of the molecule is CCCCC[C@@]1(C(=O)NC(CSC#Cc2ccccc2)C(=O)OC)CCCN1C(=O)OC(C)(C)C. The van der Waals surface area contributed by atoms with E-state index in [-0.39, 0.29) is 11.7 Å². The van der Waals surface area contributed by atoms with E-state index in [4.69, 9.17) is 9.47 Å². The van der Waals surface area contributed by atoms with Gasteiger partial charge in [0.1, 0.15) is 17.2 Å². The fourth-order valence-corrected chi connectivity index (χ4v) is 4.74. The van der Waals surface area contributed by atoms with E-state index in [0.29, 0.717) is 25.8 Å². The number of nitrogens with one attached hydrogen (secondary N) is 1. The van der Waals surface area contributed by atoms with Crippen LogP contribution < -0.4 is 5.32 Å². The number of ether oxygens (including phenoxy) is 2. The van der Waals surface area contributed by atoms with Crippen molar-refractivity contribution in [3.05, 3.63) is 35.9 Å². The smallest absolute Gasteiger partial charge is 0.411 e. The van der Waals surface area contributed by atoms with Crippen LogP contribution in [0.5, 0.6) is 0 Å². The normalized spacial score (nSPS) is 18.3. The molecule has 1 aromatic carbocycles. The highest BCUT2D eigenvalue weighted by Crippen LogP contribution is 2.36. The lowest BCUT2D eigenvalue weighted by atomic mass is 9.88. The molecule has 192 valence electrons. The first kappa shape index (κ1) is 28.6. The zero-order valence-electron chi connectivity index (χ0n) is 21.5. The molecule has 0 radical (unpaired) electrons. The number of carbonyl (C=O) groups excluding carboxylic acids is 3. The van der Waals surface area contributed by atoms with Gasteiger partial charge in [0.15, 0.2) is 0 Å². The molecule has 1 N–H and O–H groups in total. The summed E-state index contributed by atoms with van der Waals surface area (Å²) >= 11 is 1.24. The number of thioether (sulfide) groups is 1. The van der Waals surface area contributed by atoms with Crippen LogP contribution in [-0.4, -0.2) is 59.5 Å². The van der Waals surface area contributed by atoms with E-state index in [1.165, 1.54) is 18.9 Å². The van der Waals surface area contributed by atoms with E-state index in [1.807, 2.05) is 30.3 Å². The summed E-state index contributed by atoms with van der Waals surface area (Å²) in [6.07, 6.45) is 3.97. The van der Waals surface area contributed by atoms with Gasteiger partial charge in [0.05, 0.1) is 7.11 Å². The minimum absolute atomic E-state index is 0.232. The molecular formula is C27H38N2O5S. The van der Waals surface area contributed by atoms with E-state index in [1.54, 1.807) is 25.7 Å². The van der Waals surface area contributed by atoms with Gasteiger partial charge in [0.2, 0.25) is 5.91 Å². The molecule has 8 heteroatoms. The molecule has 0 saturated carbocycles. The van der Waals surface area contributed by atoms with Crippen LogP contribution in [-0.2, 0) is 19.1 Å². The second-order valence-electron chi connectivity index (χ2n) is 9.68. The van der Waals surface area contributed by atoms with E-state index in [0.717, 1.165) is 24.8 Å². The number of esters is 1. The first-order valence-electron chi connectivity index (χ1n) is 12.2. The lowest BCUT2D eigenvalue weighted by Gasteiger charge is -2.38. The van der Waals surface area contributed by atoms with E-state index in [2.05, 4.69) is 23.4 Å². The van der Waals surface area contributed by atoms with Crippen molar-refractivity contribution < 1.29 is 23.9 Å². The summed E-state index contributed by atoms with van der Waals surface area (Å²) in [4.78, 5) is 40.8. The number of hydrogen-bond acceptors (Lipinski definition) is 6. The highest BCUT2D eigenvalue weighted by atomic mass is 32.2. The summed E-state index contributed by atoms with van der Waals surface area (Å²) in [7, 11) is 1.29. The van der Waals surface area contributed by atoms with Crippen molar-refractivity contribution in [3.63, 3.8) is 0 Å². The van der Waals surface area contributed by atoms with Crippen LogP contribution in [0, 0.1) is 11.2 Å². The van der Waals surface area contributed by atoms with Gasteiger partial charge in [-0.1, -0.05) is 62.1 Å². The van der Waals surface area contributed by atoms with Gasteiger partial charge >= 0.3 is 12.1 Å². The standard InChI is InChI=1S/C27H38N2O5S/c1-6-7-11-16-27(17-12-18-29(27)25(32)34-26(2,3)4)24(31)28-22(23(30)33-5)20-35-19-15-21-13-9-8-10-14-21/h8-10,13-14,22H,6-7,11-12,16-18,20H2,1-5H3,(H,28,31)/t22?,27-/m0/s1. The predicted octanol–water partition coefficient (Wildman–Crippen LogP) is 4.74. The molecule has 2 rings (SSSR count). The second-order valence-corrected chi connectivity index (χ2v) is 10.5. The number of unbranched alkanes of at least 4 members (excludes halogenated alkanes) is 2. The highest BCUT2D eigenvalue weighted by molar-refractivity contribution is 8.03. The molecule has 1 aromatic rings. The molecule has 0 spiro atoms. The third kappa shape index (κ3) is 8.50. The van der Waals surface area contributed by atoms with Crippen LogP contribution in [0.2, 0.25) is 0 Å². The molecule has 2 atom stereocenters. The fourth-order valence-electron chi connectivity index (χ4n) is 4.08. The zero-order chi connectivity index (χ0) is 25.9. The van der Waals surface area contributed by atoms with Crippen molar-refractivity contribution in [2.24, 2.45) is 0 Å². The van der Waals surface area contributed by atoms with Gasteiger partial charge in [-0.05, 0) is 57.4 Å². The summed E-state index contributed by atoms with van der Waals surface area (Å²) in [5.41, 5.74) is -0.856. The monoisotopic (exact) mass is 502 g/mol. The summed E-state index contributed by atoms with van der Waals surface area (Å²) in [6.45, 7) is 7.95. The molecule has 35 heavy (non-hydrogen) atoms. The number of likely N-dealkylation sites (tertiary alicyclic amines) is 1.